The Morgan fingerprint density at radius 1 is 1.50 bits per heavy atom. The van der Waals surface area contributed by atoms with Gasteiger partial charge in [-0.1, -0.05) is 6.07 Å². The van der Waals surface area contributed by atoms with Gasteiger partial charge in [-0.25, -0.2) is 0 Å². The van der Waals surface area contributed by atoms with Crippen molar-refractivity contribution >= 4 is 5.69 Å². The van der Waals surface area contributed by atoms with Crippen LogP contribution < -0.4 is 9.64 Å². The predicted molar refractivity (Wildman–Crippen MR) is 82.5 cm³/mol. The van der Waals surface area contributed by atoms with Crippen molar-refractivity contribution in [2.45, 2.75) is 31.9 Å². The number of hydrogen-bond acceptors (Lipinski definition) is 4. The lowest BCUT2D eigenvalue weighted by atomic mass is 10.1. The van der Waals surface area contributed by atoms with Crippen molar-refractivity contribution in [1.29, 1.82) is 0 Å². The molecule has 0 radical (unpaired) electrons. The lowest BCUT2D eigenvalue weighted by Gasteiger charge is -2.30. The summed E-state index contributed by atoms with van der Waals surface area (Å²) >= 11 is 0. The van der Waals surface area contributed by atoms with E-state index < -0.39 is 6.10 Å². The Labute approximate surface area is 122 Å². The number of hydrogen-bond donors (Lipinski definition) is 1. The summed E-state index contributed by atoms with van der Waals surface area (Å²) in [5, 5.41) is 10.1. The van der Waals surface area contributed by atoms with Gasteiger partial charge in [0.15, 0.2) is 0 Å². The summed E-state index contributed by atoms with van der Waals surface area (Å²) in [5.74, 6) is 0.754. The summed E-state index contributed by atoms with van der Waals surface area (Å²) in [7, 11) is 5.93. The fourth-order valence-corrected chi connectivity index (χ4v) is 3.09. The first-order valence-electron chi connectivity index (χ1n) is 7.31. The maximum Gasteiger partial charge on any atom is 0.126 e. The van der Waals surface area contributed by atoms with Crippen LogP contribution in [-0.4, -0.2) is 50.3 Å². The highest BCUT2D eigenvalue weighted by Crippen LogP contribution is 2.34. The first kappa shape index (κ1) is 15.1. The summed E-state index contributed by atoms with van der Waals surface area (Å²) in [6.07, 6.45) is 1.98. The van der Waals surface area contributed by atoms with Gasteiger partial charge >= 0.3 is 0 Å². The fourth-order valence-electron chi connectivity index (χ4n) is 3.09. The quantitative estimate of drug-likeness (QED) is 0.896. The van der Waals surface area contributed by atoms with E-state index in [-0.39, 0.29) is 0 Å². The van der Waals surface area contributed by atoms with Crippen molar-refractivity contribution < 1.29 is 9.84 Å². The number of benzene rings is 1. The molecule has 1 fully saturated rings. The van der Waals surface area contributed by atoms with Crippen LogP contribution in [0.3, 0.4) is 0 Å². The van der Waals surface area contributed by atoms with E-state index in [1.54, 1.807) is 14.0 Å². The molecule has 0 aromatic heterocycles. The first-order valence-corrected chi connectivity index (χ1v) is 7.31. The van der Waals surface area contributed by atoms with Gasteiger partial charge in [0, 0.05) is 30.9 Å². The highest BCUT2D eigenvalue weighted by Gasteiger charge is 2.24. The average molecular weight is 278 g/mol. The Morgan fingerprint density at radius 2 is 2.25 bits per heavy atom. The van der Waals surface area contributed by atoms with Crippen LogP contribution in [-0.2, 0) is 0 Å². The first-order chi connectivity index (χ1) is 9.54. The predicted octanol–water partition coefficient (Wildman–Crippen LogP) is 2.28. The van der Waals surface area contributed by atoms with Gasteiger partial charge in [-0.15, -0.1) is 0 Å². The van der Waals surface area contributed by atoms with Gasteiger partial charge in [0.25, 0.3) is 0 Å². The fraction of sp³-hybridized carbons (Fsp3) is 0.625. The molecule has 0 amide bonds. The van der Waals surface area contributed by atoms with E-state index >= 15 is 0 Å². The van der Waals surface area contributed by atoms with Crippen LogP contribution in [0.2, 0.25) is 0 Å². The van der Waals surface area contributed by atoms with Gasteiger partial charge in [0.05, 0.1) is 13.2 Å². The van der Waals surface area contributed by atoms with Crippen molar-refractivity contribution in [2.24, 2.45) is 0 Å². The van der Waals surface area contributed by atoms with E-state index in [0.717, 1.165) is 23.5 Å². The Bertz CT molecular complexity index is 448. The average Bonchev–Trinajstić information content (AvgIpc) is 2.83. The third kappa shape index (κ3) is 3.07. The highest BCUT2D eigenvalue weighted by molar-refractivity contribution is 5.60. The molecule has 1 unspecified atom stereocenters. The number of nitrogens with zero attached hydrogens (tertiary/aromatic N) is 2. The monoisotopic (exact) mass is 278 g/mol. The number of likely N-dealkylation sites (N-methyl/N-ethyl adjacent to an activating group) is 2. The summed E-state index contributed by atoms with van der Waals surface area (Å²) in [6, 6.07) is 6.53. The molecule has 2 atom stereocenters. The van der Waals surface area contributed by atoms with Gasteiger partial charge in [-0.3, -0.25) is 0 Å². The Hall–Kier alpha value is -1.26. The second-order valence-corrected chi connectivity index (χ2v) is 5.73. The van der Waals surface area contributed by atoms with E-state index in [1.165, 1.54) is 19.4 Å². The minimum absolute atomic E-state index is 0.537. The molecule has 0 bridgehead atoms. The van der Waals surface area contributed by atoms with Gasteiger partial charge < -0.3 is 19.6 Å². The summed E-state index contributed by atoms with van der Waals surface area (Å²) in [6.45, 7) is 3.94. The molecular weight excluding hydrogens is 252 g/mol. The molecule has 1 heterocycles. The van der Waals surface area contributed by atoms with E-state index in [2.05, 4.69) is 30.0 Å². The van der Waals surface area contributed by atoms with Gasteiger partial charge in [-0.05, 0) is 45.5 Å². The summed E-state index contributed by atoms with van der Waals surface area (Å²) in [4.78, 5) is 4.65. The molecule has 1 aromatic carbocycles. The number of anilines is 1. The lowest BCUT2D eigenvalue weighted by molar-refractivity contribution is 0.194. The highest BCUT2D eigenvalue weighted by atomic mass is 16.5. The van der Waals surface area contributed by atoms with E-state index in [9.17, 15) is 5.11 Å². The maximum atomic E-state index is 10.1. The van der Waals surface area contributed by atoms with Crippen LogP contribution >= 0.6 is 0 Å². The van der Waals surface area contributed by atoms with Crippen LogP contribution in [0, 0.1) is 0 Å². The van der Waals surface area contributed by atoms with Crippen LogP contribution in [0.15, 0.2) is 18.2 Å². The van der Waals surface area contributed by atoms with Crippen LogP contribution in [0.1, 0.15) is 31.4 Å². The second kappa shape index (κ2) is 6.46. The molecule has 4 heteroatoms. The molecule has 1 aromatic rings. The lowest BCUT2D eigenvalue weighted by Crippen LogP contribution is -2.37. The second-order valence-electron chi connectivity index (χ2n) is 5.73. The molecule has 4 nitrogen and oxygen atoms in total. The third-order valence-corrected chi connectivity index (χ3v) is 4.25. The zero-order valence-corrected chi connectivity index (χ0v) is 13.0. The summed E-state index contributed by atoms with van der Waals surface area (Å²) < 4.78 is 5.39. The number of aliphatic hydroxyl groups is 1. The molecule has 1 aliphatic rings. The maximum absolute atomic E-state index is 10.1. The molecule has 112 valence electrons. The van der Waals surface area contributed by atoms with Gasteiger partial charge in [0.2, 0.25) is 0 Å². The van der Waals surface area contributed by atoms with E-state index in [0.29, 0.717) is 6.04 Å². The third-order valence-electron chi connectivity index (χ3n) is 4.25. The molecule has 1 N–H and O–H groups in total. The molecule has 1 saturated heterocycles. The largest absolute Gasteiger partial charge is 0.496 e. The van der Waals surface area contributed by atoms with Crippen LogP contribution in [0.4, 0.5) is 5.69 Å². The van der Waals surface area contributed by atoms with Crippen LogP contribution in [0.5, 0.6) is 5.75 Å². The minimum atomic E-state index is -0.537. The topological polar surface area (TPSA) is 35.9 Å². The standard InChI is InChI=1S/C16H26N2O2/c1-12(19)16-14(8-5-9-15(16)20-4)18(3)11-13-7-6-10-17(13)2/h5,8-9,12-13,19H,6-7,10-11H2,1-4H3/t12-,13?/m1/s1. The molecule has 0 aliphatic carbocycles. The van der Waals surface area contributed by atoms with Crippen LogP contribution in [0.25, 0.3) is 0 Å². The zero-order valence-electron chi connectivity index (χ0n) is 13.0. The number of likely N-dealkylation sites (tertiary alicyclic amines) is 1. The molecule has 2 rings (SSSR count). The molecule has 0 spiro atoms. The zero-order chi connectivity index (χ0) is 14.7. The molecule has 1 aliphatic heterocycles. The molecule has 20 heavy (non-hydrogen) atoms. The number of methoxy groups -OCH3 is 1. The summed E-state index contributed by atoms with van der Waals surface area (Å²) in [5.41, 5.74) is 1.93. The van der Waals surface area contributed by atoms with Gasteiger partial charge in [-0.2, -0.15) is 0 Å². The van der Waals surface area contributed by atoms with E-state index in [1.807, 2.05) is 12.1 Å². The van der Waals surface area contributed by atoms with Crippen molar-refractivity contribution in [3.63, 3.8) is 0 Å². The number of ether oxygens (including phenoxy) is 1. The van der Waals surface area contributed by atoms with Gasteiger partial charge in [0.1, 0.15) is 5.75 Å². The molecule has 0 saturated carbocycles. The Balaban J connectivity index is 2.22. The normalized spacial score (nSPS) is 20.9. The van der Waals surface area contributed by atoms with Crippen molar-refractivity contribution in [2.75, 3.05) is 39.2 Å². The van der Waals surface area contributed by atoms with Crippen molar-refractivity contribution in [3.8, 4) is 5.75 Å². The Kier molecular flexibility index (Phi) is 4.89. The van der Waals surface area contributed by atoms with Crippen molar-refractivity contribution in [1.82, 2.24) is 4.90 Å². The minimum Gasteiger partial charge on any atom is -0.496 e. The Morgan fingerprint density at radius 3 is 2.80 bits per heavy atom. The number of aliphatic hydroxyl groups excluding tert-OH is 1. The van der Waals surface area contributed by atoms with E-state index in [4.69, 9.17) is 4.74 Å². The SMILES string of the molecule is COc1cccc(N(C)CC2CCCN2C)c1[C@@H](C)O. The molecular formula is C16H26N2O2. The number of rotatable bonds is 5. The smallest absolute Gasteiger partial charge is 0.126 e. The van der Waals surface area contributed by atoms with Crippen molar-refractivity contribution in [3.05, 3.63) is 23.8 Å².